The van der Waals surface area contributed by atoms with E-state index in [1.165, 1.54) is 0 Å². The molecule has 5 heteroatoms. The first kappa shape index (κ1) is 16.4. The summed E-state index contributed by atoms with van der Waals surface area (Å²) in [4.78, 5) is 31.2. The number of nitrogens with zero attached hydrogens (tertiary/aromatic N) is 2. The van der Waals surface area contributed by atoms with E-state index >= 15 is 0 Å². The fraction of sp³-hybridized carbons (Fsp3) is 0.421. The first-order chi connectivity index (χ1) is 11.5. The van der Waals surface area contributed by atoms with Gasteiger partial charge in [-0.2, -0.15) is 0 Å². The summed E-state index contributed by atoms with van der Waals surface area (Å²) in [6, 6.07) is 7.97. The van der Waals surface area contributed by atoms with Crippen LogP contribution in [-0.4, -0.2) is 41.3 Å². The van der Waals surface area contributed by atoms with Gasteiger partial charge in [-0.05, 0) is 45.4 Å². The van der Waals surface area contributed by atoms with Crippen molar-refractivity contribution in [2.24, 2.45) is 5.92 Å². The molecule has 1 aromatic carbocycles. The van der Waals surface area contributed by atoms with Crippen LogP contribution < -0.4 is 5.32 Å². The lowest BCUT2D eigenvalue weighted by molar-refractivity contribution is -0.124. The molecule has 1 atom stereocenters. The van der Waals surface area contributed by atoms with Gasteiger partial charge >= 0.3 is 0 Å². The number of fused-ring (bicyclic) bond motifs is 1. The van der Waals surface area contributed by atoms with Gasteiger partial charge in [-0.15, -0.1) is 0 Å². The summed E-state index contributed by atoms with van der Waals surface area (Å²) in [5, 5.41) is 3.81. The van der Waals surface area contributed by atoms with Crippen molar-refractivity contribution < 1.29 is 9.59 Å². The molecule has 126 valence electrons. The van der Waals surface area contributed by atoms with E-state index in [-0.39, 0.29) is 17.7 Å². The zero-order valence-electron chi connectivity index (χ0n) is 14.4. The second kappa shape index (κ2) is 6.59. The van der Waals surface area contributed by atoms with Crippen molar-refractivity contribution in [3.8, 4) is 0 Å². The van der Waals surface area contributed by atoms with E-state index in [2.05, 4.69) is 10.3 Å². The summed E-state index contributed by atoms with van der Waals surface area (Å²) in [5.41, 5.74) is 3.41. The molecule has 0 bridgehead atoms. The highest BCUT2D eigenvalue weighted by Crippen LogP contribution is 2.23. The van der Waals surface area contributed by atoms with E-state index in [0.29, 0.717) is 25.2 Å². The normalized spacial score (nSPS) is 17.3. The lowest BCUT2D eigenvalue weighted by atomic mass is 10.1. The molecule has 1 aliphatic rings. The van der Waals surface area contributed by atoms with Gasteiger partial charge in [0.05, 0.1) is 22.7 Å². The Kier molecular flexibility index (Phi) is 4.51. The number of hydrogen-bond donors (Lipinski definition) is 1. The number of pyridine rings is 1. The minimum atomic E-state index is -0.107. The van der Waals surface area contributed by atoms with Crippen LogP contribution in [0.5, 0.6) is 0 Å². The quantitative estimate of drug-likeness (QED) is 0.943. The number of amides is 2. The van der Waals surface area contributed by atoms with E-state index in [1.54, 1.807) is 4.90 Å². The SMILES string of the molecule is CCNC(=O)[C@H]1CCN(C(=O)c2cc3cc(C)ccc3nc2C)C1. The molecule has 0 aliphatic carbocycles. The van der Waals surface area contributed by atoms with Crippen LogP contribution in [0.4, 0.5) is 0 Å². The molecule has 2 amide bonds. The molecular formula is C19H23N3O2. The zero-order valence-corrected chi connectivity index (χ0v) is 14.4. The first-order valence-corrected chi connectivity index (χ1v) is 8.44. The Labute approximate surface area is 142 Å². The highest BCUT2D eigenvalue weighted by molar-refractivity contribution is 5.99. The van der Waals surface area contributed by atoms with Gasteiger partial charge in [-0.1, -0.05) is 11.6 Å². The molecule has 5 nitrogen and oxygen atoms in total. The molecule has 0 unspecified atom stereocenters. The molecule has 1 N–H and O–H groups in total. The van der Waals surface area contributed by atoms with Gasteiger partial charge in [-0.25, -0.2) is 0 Å². The Balaban J connectivity index is 1.84. The zero-order chi connectivity index (χ0) is 17.3. The maximum absolute atomic E-state index is 12.9. The first-order valence-electron chi connectivity index (χ1n) is 8.44. The number of rotatable bonds is 3. The topological polar surface area (TPSA) is 62.3 Å². The maximum atomic E-state index is 12.9. The van der Waals surface area contributed by atoms with Crippen molar-refractivity contribution in [1.82, 2.24) is 15.2 Å². The van der Waals surface area contributed by atoms with Gasteiger partial charge in [0.15, 0.2) is 0 Å². The molecule has 1 aliphatic heterocycles. The Morgan fingerprint density at radius 1 is 1.29 bits per heavy atom. The van der Waals surface area contributed by atoms with Crippen LogP contribution in [-0.2, 0) is 4.79 Å². The highest BCUT2D eigenvalue weighted by atomic mass is 16.2. The molecule has 24 heavy (non-hydrogen) atoms. The lowest BCUT2D eigenvalue weighted by Crippen LogP contribution is -2.34. The van der Waals surface area contributed by atoms with Crippen molar-refractivity contribution in [3.05, 3.63) is 41.1 Å². The Morgan fingerprint density at radius 3 is 2.83 bits per heavy atom. The number of benzene rings is 1. The number of carbonyl (C=O) groups excluding carboxylic acids is 2. The molecule has 0 spiro atoms. The molecule has 3 rings (SSSR count). The maximum Gasteiger partial charge on any atom is 0.255 e. The summed E-state index contributed by atoms with van der Waals surface area (Å²) < 4.78 is 0. The van der Waals surface area contributed by atoms with Gasteiger partial charge in [0.1, 0.15) is 0 Å². The van der Waals surface area contributed by atoms with Crippen LogP contribution in [0.15, 0.2) is 24.3 Å². The van der Waals surface area contributed by atoms with Gasteiger partial charge in [0.25, 0.3) is 5.91 Å². The average Bonchev–Trinajstić information content (AvgIpc) is 3.04. The number of aromatic nitrogens is 1. The molecule has 1 saturated heterocycles. The molecule has 0 radical (unpaired) electrons. The van der Waals surface area contributed by atoms with Crippen LogP contribution in [0, 0.1) is 19.8 Å². The summed E-state index contributed by atoms with van der Waals surface area (Å²) in [7, 11) is 0. The lowest BCUT2D eigenvalue weighted by Gasteiger charge is -2.18. The number of hydrogen-bond acceptors (Lipinski definition) is 3. The molecular weight excluding hydrogens is 302 g/mol. The third-order valence-electron chi connectivity index (χ3n) is 4.59. The summed E-state index contributed by atoms with van der Waals surface area (Å²) >= 11 is 0. The molecule has 2 aromatic rings. The highest BCUT2D eigenvalue weighted by Gasteiger charge is 2.31. The largest absolute Gasteiger partial charge is 0.356 e. The third kappa shape index (κ3) is 3.11. The monoisotopic (exact) mass is 325 g/mol. The number of likely N-dealkylation sites (tertiary alicyclic amines) is 1. The second-order valence-electron chi connectivity index (χ2n) is 6.45. The van der Waals surface area contributed by atoms with Crippen molar-refractivity contribution >= 4 is 22.7 Å². The van der Waals surface area contributed by atoms with Crippen LogP contribution in [0.1, 0.15) is 35.0 Å². The Hall–Kier alpha value is -2.43. The van der Waals surface area contributed by atoms with Gasteiger partial charge in [0, 0.05) is 25.0 Å². The third-order valence-corrected chi connectivity index (χ3v) is 4.59. The molecule has 1 fully saturated rings. The van der Waals surface area contributed by atoms with Crippen molar-refractivity contribution in [2.75, 3.05) is 19.6 Å². The number of nitrogens with one attached hydrogen (secondary N) is 1. The van der Waals surface area contributed by atoms with E-state index in [9.17, 15) is 9.59 Å². The average molecular weight is 325 g/mol. The molecule has 0 saturated carbocycles. The predicted octanol–water partition coefficient (Wildman–Crippen LogP) is 2.45. The fourth-order valence-electron chi connectivity index (χ4n) is 3.26. The summed E-state index contributed by atoms with van der Waals surface area (Å²) in [6.45, 7) is 7.52. The van der Waals surface area contributed by atoms with Gasteiger partial charge < -0.3 is 10.2 Å². The molecule has 1 aromatic heterocycles. The fourth-order valence-corrected chi connectivity index (χ4v) is 3.26. The van der Waals surface area contributed by atoms with Crippen molar-refractivity contribution in [3.63, 3.8) is 0 Å². The van der Waals surface area contributed by atoms with Crippen molar-refractivity contribution in [2.45, 2.75) is 27.2 Å². The second-order valence-corrected chi connectivity index (χ2v) is 6.45. The Bertz CT molecular complexity index is 801. The molecule has 2 heterocycles. The van der Waals surface area contributed by atoms with Crippen molar-refractivity contribution in [1.29, 1.82) is 0 Å². The van der Waals surface area contributed by atoms with Crippen LogP contribution in [0.2, 0.25) is 0 Å². The smallest absolute Gasteiger partial charge is 0.255 e. The minimum Gasteiger partial charge on any atom is -0.356 e. The van der Waals surface area contributed by atoms with E-state index < -0.39 is 0 Å². The number of carbonyl (C=O) groups is 2. The summed E-state index contributed by atoms with van der Waals surface area (Å²) in [6.07, 6.45) is 0.719. The summed E-state index contributed by atoms with van der Waals surface area (Å²) in [5.74, 6) is -0.100. The predicted molar refractivity (Wildman–Crippen MR) is 93.9 cm³/mol. The van der Waals surface area contributed by atoms with E-state index in [4.69, 9.17) is 0 Å². The van der Waals surface area contributed by atoms with Crippen LogP contribution in [0.25, 0.3) is 10.9 Å². The van der Waals surface area contributed by atoms with E-state index in [0.717, 1.165) is 28.6 Å². The minimum absolute atomic E-state index is 0.0322. The van der Waals surface area contributed by atoms with Gasteiger partial charge in [-0.3, -0.25) is 14.6 Å². The standard InChI is InChI=1S/C19H23N3O2/c1-4-20-18(23)14-7-8-22(11-14)19(24)16-10-15-9-12(2)5-6-17(15)21-13(16)3/h5-6,9-10,14H,4,7-8,11H2,1-3H3,(H,20,23)/t14-/m0/s1. The number of aryl methyl sites for hydroxylation is 2. The Morgan fingerprint density at radius 2 is 2.08 bits per heavy atom. The van der Waals surface area contributed by atoms with Crippen LogP contribution >= 0.6 is 0 Å². The van der Waals surface area contributed by atoms with E-state index in [1.807, 2.05) is 45.0 Å². The van der Waals surface area contributed by atoms with Gasteiger partial charge in [0.2, 0.25) is 5.91 Å². The van der Waals surface area contributed by atoms with Crippen LogP contribution in [0.3, 0.4) is 0 Å².